The van der Waals surface area contributed by atoms with Gasteiger partial charge in [-0.05, 0) is 12.6 Å². The molecule has 1 rings (SSSR count). The fourth-order valence-electron chi connectivity index (χ4n) is 1.35. The van der Waals surface area contributed by atoms with E-state index < -0.39 is 0 Å². The molecule has 84 valence electrons. The molecule has 0 aliphatic heterocycles. The first-order chi connectivity index (χ1) is 7.27. The highest BCUT2D eigenvalue weighted by atomic mass is 35.5. The summed E-state index contributed by atoms with van der Waals surface area (Å²) in [5.74, 6) is 0. The first kappa shape index (κ1) is 12.4. The molecule has 1 aromatic rings. The van der Waals surface area contributed by atoms with E-state index in [1.54, 1.807) is 13.3 Å². The van der Waals surface area contributed by atoms with Crippen molar-refractivity contribution in [2.45, 2.75) is 13.5 Å². The van der Waals surface area contributed by atoms with E-state index in [0.29, 0.717) is 5.15 Å². The van der Waals surface area contributed by atoms with Gasteiger partial charge >= 0.3 is 0 Å². The maximum Gasteiger partial charge on any atom is 0.133 e. The third-order valence-electron chi connectivity index (χ3n) is 2.29. The number of hydrogen-bond donors (Lipinski definition) is 0. The molecule has 4 heteroatoms. The van der Waals surface area contributed by atoms with Gasteiger partial charge in [0.15, 0.2) is 0 Å². The standard InChI is InChI=1S/C11H17ClN2O/c1-3-14(7-8-15-2)9-10-5-4-6-13-11(10)12/h4-6H,3,7-9H2,1-2H3. The van der Waals surface area contributed by atoms with Crippen LogP contribution < -0.4 is 0 Å². The van der Waals surface area contributed by atoms with Crippen LogP contribution in [0.5, 0.6) is 0 Å². The Kier molecular flexibility index (Phi) is 5.61. The van der Waals surface area contributed by atoms with Crippen LogP contribution in [0.4, 0.5) is 0 Å². The highest BCUT2D eigenvalue weighted by Gasteiger charge is 2.06. The smallest absolute Gasteiger partial charge is 0.133 e. The van der Waals surface area contributed by atoms with Gasteiger partial charge in [0.2, 0.25) is 0 Å². The predicted molar refractivity (Wildman–Crippen MR) is 62.1 cm³/mol. The Balaban J connectivity index is 2.54. The molecule has 1 aromatic heterocycles. The number of likely N-dealkylation sites (N-methyl/N-ethyl adjacent to an activating group) is 1. The average molecular weight is 229 g/mol. The van der Waals surface area contributed by atoms with E-state index in [4.69, 9.17) is 16.3 Å². The van der Waals surface area contributed by atoms with E-state index >= 15 is 0 Å². The molecule has 0 fully saturated rings. The minimum atomic E-state index is 0.591. The summed E-state index contributed by atoms with van der Waals surface area (Å²) in [7, 11) is 1.71. The molecule has 0 radical (unpaired) electrons. The van der Waals surface area contributed by atoms with Crippen LogP contribution in [0.1, 0.15) is 12.5 Å². The van der Waals surface area contributed by atoms with Gasteiger partial charge in [0.25, 0.3) is 0 Å². The number of hydrogen-bond acceptors (Lipinski definition) is 3. The van der Waals surface area contributed by atoms with Crippen molar-refractivity contribution in [1.29, 1.82) is 0 Å². The van der Waals surface area contributed by atoms with Crippen molar-refractivity contribution in [1.82, 2.24) is 9.88 Å². The SMILES string of the molecule is CCN(CCOC)Cc1cccnc1Cl. The molecule has 0 saturated carbocycles. The van der Waals surface area contributed by atoms with Crippen molar-refractivity contribution < 1.29 is 4.74 Å². The van der Waals surface area contributed by atoms with Crippen molar-refractivity contribution in [3.05, 3.63) is 29.0 Å². The number of nitrogens with zero attached hydrogens (tertiary/aromatic N) is 2. The second kappa shape index (κ2) is 6.77. The number of pyridine rings is 1. The Morgan fingerprint density at radius 2 is 2.33 bits per heavy atom. The monoisotopic (exact) mass is 228 g/mol. The maximum atomic E-state index is 5.99. The average Bonchev–Trinajstić information content (AvgIpc) is 2.26. The van der Waals surface area contributed by atoms with E-state index in [1.165, 1.54) is 0 Å². The maximum absolute atomic E-state index is 5.99. The molecule has 0 atom stereocenters. The Morgan fingerprint density at radius 3 is 2.93 bits per heavy atom. The Bertz CT molecular complexity index is 294. The van der Waals surface area contributed by atoms with Crippen molar-refractivity contribution in [2.75, 3.05) is 26.8 Å². The highest BCUT2D eigenvalue weighted by molar-refractivity contribution is 6.30. The zero-order valence-corrected chi connectivity index (χ0v) is 10.00. The minimum absolute atomic E-state index is 0.591. The Labute approximate surface area is 96.0 Å². The van der Waals surface area contributed by atoms with Gasteiger partial charge in [0.1, 0.15) is 5.15 Å². The number of rotatable bonds is 6. The molecular formula is C11H17ClN2O. The summed E-state index contributed by atoms with van der Waals surface area (Å²) in [6.07, 6.45) is 1.71. The number of aromatic nitrogens is 1. The lowest BCUT2D eigenvalue weighted by Gasteiger charge is -2.20. The van der Waals surface area contributed by atoms with Crippen LogP contribution in [0, 0.1) is 0 Å². The molecule has 1 heterocycles. The van der Waals surface area contributed by atoms with E-state index in [1.807, 2.05) is 12.1 Å². The largest absolute Gasteiger partial charge is 0.383 e. The van der Waals surface area contributed by atoms with Crippen molar-refractivity contribution in [3.8, 4) is 0 Å². The lowest BCUT2D eigenvalue weighted by atomic mass is 10.2. The van der Waals surface area contributed by atoms with Gasteiger partial charge in [-0.25, -0.2) is 4.98 Å². The second-order valence-corrected chi connectivity index (χ2v) is 3.67. The Hall–Kier alpha value is -0.640. The zero-order valence-electron chi connectivity index (χ0n) is 9.24. The van der Waals surface area contributed by atoms with Gasteiger partial charge in [-0.15, -0.1) is 0 Å². The molecule has 0 aliphatic rings. The van der Waals surface area contributed by atoms with Crippen LogP contribution in [0.15, 0.2) is 18.3 Å². The molecule has 0 bridgehead atoms. The third kappa shape index (κ3) is 4.16. The fourth-order valence-corrected chi connectivity index (χ4v) is 1.53. The van der Waals surface area contributed by atoms with Crippen LogP contribution in [0.3, 0.4) is 0 Å². The molecule has 0 N–H and O–H groups in total. The van der Waals surface area contributed by atoms with Crippen LogP contribution in [0.2, 0.25) is 5.15 Å². The molecule has 15 heavy (non-hydrogen) atoms. The summed E-state index contributed by atoms with van der Waals surface area (Å²) in [5.41, 5.74) is 1.07. The fraction of sp³-hybridized carbons (Fsp3) is 0.545. The third-order valence-corrected chi connectivity index (χ3v) is 2.63. The number of ether oxygens (including phenoxy) is 1. The van der Waals surface area contributed by atoms with Gasteiger partial charge < -0.3 is 4.74 Å². The van der Waals surface area contributed by atoms with E-state index in [2.05, 4.69) is 16.8 Å². The molecule has 0 aromatic carbocycles. The lowest BCUT2D eigenvalue weighted by Crippen LogP contribution is -2.26. The summed E-state index contributed by atoms with van der Waals surface area (Å²) in [6, 6.07) is 3.91. The first-order valence-corrected chi connectivity index (χ1v) is 5.46. The van der Waals surface area contributed by atoms with Crippen molar-refractivity contribution >= 4 is 11.6 Å². The topological polar surface area (TPSA) is 25.4 Å². The summed E-state index contributed by atoms with van der Waals surface area (Å²) >= 11 is 5.99. The first-order valence-electron chi connectivity index (χ1n) is 5.08. The summed E-state index contributed by atoms with van der Waals surface area (Å²) in [4.78, 5) is 6.32. The van der Waals surface area contributed by atoms with Crippen molar-refractivity contribution in [2.24, 2.45) is 0 Å². The minimum Gasteiger partial charge on any atom is -0.383 e. The van der Waals surface area contributed by atoms with Gasteiger partial charge in [-0.2, -0.15) is 0 Å². The second-order valence-electron chi connectivity index (χ2n) is 3.31. The number of halogens is 1. The molecular weight excluding hydrogens is 212 g/mol. The highest BCUT2D eigenvalue weighted by Crippen LogP contribution is 2.13. The van der Waals surface area contributed by atoms with E-state index in [0.717, 1.165) is 31.8 Å². The quantitative estimate of drug-likeness (QED) is 0.698. The Morgan fingerprint density at radius 1 is 1.53 bits per heavy atom. The molecule has 0 saturated heterocycles. The predicted octanol–water partition coefficient (Wildman–Crippen LogP) is 2.20. The molecule has 0 unspecified atom stereocenters. The van der Waals surface area contributed by atoms with Crippen LogP contribution in [0.25, 0.3) is 0 Å². The molecule has 3 nitrogen and oxygen atoms in total. The van der Waals surface area contributed by atoms with Gasteiger partial charge in [0.05, 0.1) is 6.61 Å². The normalized spacial score (nSPS) is 10.9. The van der Waals surface area contributed by atoms with E-state index in [9.17, 15) is 0 Å². The molecule has 0 aliphatic carbocycles. The van der Waals surface area contributed by atoms with Gasteiger partial charge in [-0.1, -0.05) is 24.6 Å². The van der Waals surface area contributed by atoms with Crippen LogP contribution in [-0.4, -0.2) is 36.7 Å². The summed E-state index contributed by atoms with van der Waals surface area (Å²) in [5, 5.41) is 0.591. The van der Waals surface area contributed by atoms with Gasteiger partial charge in [-0.3, -0.25) is 4.90 Å². The zero-order chi connectivity index (χ0) is 11.1. The van der Waals surface area contributed by atoms with Crippen molar-refractivity contribution in [3.63, 3.8) is 0 Å². The molecule has 0 amide bonds. The summed E-state index contributed by atoms with van der Waals surface area (Å²) in [6.45, 7) is 5.59. The molecule has 0 spiro atoms. The lowest BCUT2D eigenvalue weighted by molar-refractivity contribution is 0.147. The van der Waals surface area contributed by atoms with E-state index in [-0.39, 0.29) is 0 Å². The van der Waals surface area contributed by atoms with Crippen LogP contribution in [-0.2, 0) is 11.3 Å². The van der Waals surface area contributed by atoms with Gasteiger partial charge in [0, 0.05) is 32.0 Å². The number of methoxy groups -OCH3 is 1. The van der Waals surface area contributed by atoms with Crippen LogP contribution >= 0.6 is 11.6 Å². The summed E-state index contributed by atoms with van der Waals surface area (Å²) < 4.78 is 5.05.